The molecular weight excluding hydrogens is 330 g/mol. The van der Waals surface area contributed by atoms with Crippen molar-refractivity contribution in [3.8, 4) is 5.75 Å². The van der Waals surface area contributed by atoms with Crippen LogP contribution in [0.15, 0.2) is 23.1 Å². The average molecular weight is 359 g/mol. The number of anilines is 1. The molecule has 0 aliphatic rings. The van der Waals surface area contributed by atoms with Crippen LogP contribution >= 0.6 is 0 Å². The molecule has 26 heavy (non-hydrogen) atoms. The molecule has 2 N–H and O–H groups in total. The minimum Gasteiger partial charge on any atom is -0.492 e. The van der Waals surface area contributed by atoms with E-state index in [1.165, 1.54) is 4.40 Å². The number of fused-ring (bicyclic) bond motifs is 1. The Morgan fingerprint density at radius 3 is 2.65 bits per heavy atom. The zero-order valence-corrected chi connectivity index (χ0v) is 16.1. The van der Waals surface area contributed by atoms with E-state index < -0.39 is 0 Å². The van der Waals surface area contributed by atoms with Crippen LogP contribution in [0.3, 0.4) is 0 Å². The molecule has 0 fully saturated rings. The lowest BCUT2D eigenvalue weighted by atomic mass is 10.1. The van der Waals surface area contributed by atoms with Gasteiger partial charge in [-0.2, -0.15) is 0 Å². The number of ether oxygens (including phenoxy) is 1. The van der Waals surface area contributed by atoms with Crippen molar-refractivity contribution >= 4 is 17.5 Å². The molecule has 142 valence electrons. The Morgan fingerprint density at radius 1 is 1.38 bits per heavy atom. The van der Waals surface area contributed by atoms with Crippen molar-refractivity contribution in [2.24, 2.45) is 5.73 Å². The van der Waals surface area contributed by atoms with Crippen molar-refractivity contribution in [1.29, 1.82) is 0 Å². The highest BCUT2D eigenvalue weighted by Crippen LogP contribution is 2.34. The van der Waals surface area contributed by atoms with Gasteiger partial charge in [0.2, 0.25) is 0 Å². The van der Waals surface area contributed by atoms with Gasteiger partial charge in [0, 0.05) is 25.3 Å². The van der Waals surface area contributed by atoms with Crippen LogP contribution in [0.2, 0.25) is 0 Å². The molecule has 0 radical (unpaired) electrons. The van der Waals surface area contributed by atoms with E-state index in [1.807, 2.05) is 19.9 Å². The van der Waals surface area contributed by atoms with Gasteiger partial charge >= 0.3 is 0 Å². The number of rotatable bonds is 9. The van der Waals surface area contributed by atoms with E-state index in [9.17, 15) is 9.59 Å². The molecule has 2 heterocycles. The number of carbonyl (C=O) groups excluding carboxylic acids is 1. The molecule has 1 atom stereocenters. The van der Waals surface area contributed by atoms with Crippen LogP contribution < -0.4 is 20.9 Å². The van der Waals surface area contributed by atoms with Gasteiger partial charge in [-0.3, -0.25) is 14.0 Å². The second-order valence-corrected chi connectivity index (χ2v) is 6.55. The first kappa shape index (κ1) is 20.0. The SMILES string of the molecule is CCc1cc(C=O)c(=O)n2ccc(N(CC)CCCC(C)N)c(OC)c12. The van der Waals surface area contributed by atoms with Gasteiger partial charge in [-0.15, -0.1) is 0 Å². The maximum absolute atomic E-state index is 12.5. The zero-order chi connectivity index (χ0) is 19.3. The van der Waals surface area contributed by atoms with Crippen LogP contribution in [-0.4, -0.2) is 36.9 Å². The second-order valence-electron chi connectivity index (χ2n) is 6.55. The van der Waals surface area contributed by atoms with Crippen LogP contribution in [0, 0.1) is 0 Å². The lowest BCUT2D eigenvalue weighted by Crippen LogP contribution is -2.27. The number of hydrogen-bond donors (Lipinski definition) is 1. The van der Waals surface area contributed by atoms with Gasteiger partial charge in [0.05, 0.1) is 23.9 Å². The highest BCUT2D eigenvalue weighted by atomic mass is 16.5. The standard InChI is InChI=1S/C20H29N3O3/c1-5-15-12-16(13-24)20(25)23-11-9-17(19(26-4)18(15)23)22(6-2)10-7-8-14(3)21/h9,11-14H,5-8,10,21H2,1-4H3. The third kappa shape index (κ3) is 3.90. The molecule has 1 unspecified atom stereocenters. The monoisotopic (exact) mass is 359 g/mol. The number of methoxy groups -OCH3 is 1. The minimum absolute atomic E-state index is 0.165. The number of nitrogens with zero attached hydrogens (tertiary/aromatic N) is 2. The predicted octanol–water partition coefficient (Wildman–Crippen LogP) is 2.64. The first-order valence-electron chi connectivity index (χ1n) is 9.19. The number of aromatic nitrogens is 1. The normalized spacial score (nSPS) is 12.2. The Balaban J connectivity index is 2.61. The van der Waals surface area contributed by atoms with Crippen molar-refractivity contribution in [1.82, 2.24) is 4.40 Å². The fraction of sp³-hybridized carbons (Fsp3) is 0.500. The van der Waals surface area contributed by atoms with Gasteiger partial charge in [0.25, 0.3) is 5.56 Å². The van der Waals surface area contributed by atoms with E-state index in [-0.39, 0.29) is 17.2 Å². The molecule has 0 aliphatic carbocycles. The Morgan fingerprint density at radius 2 is 2.12 bits per heavy atom. The summed E-state index contributed by atoms with van der Waals surface area (Å²) in [7, 11) is 1.62. The Kier molecular flexibility index (Phi) is 6.80. The third-order valence-electron chi connectivity index (χ3n) is 4.69. The lowest BCUT2D eigenvalue weighted by molar-refractivity contribution is 0.112. The van der Waals surface area contributed by atoms with E-state index in [1.54, 1.807) is 19.4 Å². The number of aryl methyl sites for hydroxylation is 1. The molecule has 6 heteroatoms. The van der Waals surface area contributed by atoms with Crippen molar-refractivity contribution in [3.63, 3.8) is 0 Å². The summed E-state index contributed by atoms with van der Waals surface area (Å²) in [4.78, 5) is 26.0. The molecular formula is C20H29N3O3. The molecule has 2 aromatic rings. The van der Waals surface area contributed by atoms with Gasteiger partial charge in [0.1, 0.15) is 0 Å². The Hall–Kier alpha value is -2.34. The number of nitrogens with two attached hydrogens (primary N) is 1. The summed E-state index contributed by atoms with van der Waals surface area (Å²) in [5.74, 6) is 0.668. The highest BCUT2D eigenvalue weighted by Gasteiger charge is 2.18. The summed E-state index contributed by atoms with van der Waals surface area (Å²) in [5.41, 5.74) is 8.30. The van der Waals surface area contributed by atoms with Crippen LogP contribution in [-0.2, 0) is 6.42 Å². The van der Waals surface area contributed by atoms with Gasteiger partial charge in [-0.25, -0.2) is 0 Å². The summed E-state index contributed by atoms with van der Waals surface area (Å²) < 4.78 is 7.24. The predicted molar refractivity (Wildman–Crippen MR) is 106 cm³/mol. The number of carbonyl (C=O) groups is 1. The summed E-state index contributed by atoms with van der Waals surface area (Å²) >= 11 is 0. The number of hydrogen-bond acceptors (Lipinski definition) is 5. The maximum Gasteiger partial charge on any atom is 0.265 e. The summed E-state index contributed by atoms with van der Waals surface area (Å²) in [6.45, 7) is 7.79. The van der Waals surface area contributed by atoms with Gasteiger partial charge in [-0.05, 0) is 50.8 Å². The van der Waals surface area contributed by atoms with Crippen molar-refractivity contribution in [2.45, 2.75) is 46.1 Å². The average Bonchev–Trinajstić information content (AvgIpc) is 2.64. The molecule has 0 aliphatic heterocycles. The summed E-state index contributed by atoms with van der Waals surface area (Å²) in [6, 6.07) is 3.74. The highest BCUT2D eigenvalue weighted by molar-refractivity contribution is 5.81. The van der Waals surface area contributed by atoms with E-state index in [0.29, 0.717) is 18.5 Å². The molecule has 6 nitrogen and oxygen atoms in total. The number of pyridine rings is 2. The maximum atomic E-state index is 12.5. The lowest BCUT2D eigenvalue weighted by Gasteiger charge is -2.27. The molecule has 0 aromatic carbocycles. The van der Waals surface area contributed by atoms with E-state index in [0.717, 1.165) is 42.7 Å². The molecule has 0 bridgehead atoms. The Labute approximate surface area is 154 Å². The van der Waals surface area contributed by atoms with Crippen LogP contribution in [0.1, 0.15) is 49.5 Å². The first-order chi connectivity index (χ1) is 12.5. The molecule has 0 spiro atoms. The molecule has 0 saturated carbocycles. The quantitative estimate of drug-likeness (QED) is 0.697. The molecule has 2 aromatic heterocycles. The molecule has 0 saturated heterocycles. The molecule has 2 rings (SSSR count). The fourth-order valence-electron chi connectivity index (χ4n) is 3.31. The van der Waals surface area contributed by atoms with Gasteiger partial charge in [-0.1, -0.05) is 6.92 Å². The molecule has 0 amide bonds. The topological polar surface area (TPSA) is 77.0 Å². The largest absolute Gasteiger partial charge is 0.492 e. The smallest absolute Gasteiger partial charge is 0.265 e. The number of aldehydes is 1. The first-order valence-corrected chi connectivity index (χ1v) is 9.19. The van der Waals surface area contributed by atoms with Gasteiger partial charge in [0.15, 0.2) is 12.0 Å². The van der Waals surface area contributed by atoms with Crippen LogP contribution in [0.25, 0.3) is 5.52 Å². The van der Waals surface area contributed by atoms with E-state index in [2.05, 4.69) is 11.8 Å². The third-order valence-corrected chi connectivity index (χ3v) is 4.69. The van der Waals surface area contributed by atoms with Gasteiger partial charge < -0.3 is 15.4 Å². The van der Waals surface area contributed by atoms with Crippen molar-refractivity contribution < 1.29 is 9.53 Å². The van der Waals surface area contributed by atoms with E-state index in [4.69, 9.17) is 10.5 Å². The van der Waals surface area contributed by atoms with E-state index >= 15 is 0 Å². The van der Waals surface area contributed by atoms with Crippen LogP contribution in [0.5, 0.6) is 5.75 Å². The fourth-order valence-corrected chi connectivity index (χ4v) is 3.31. The summed E-state index contributed by atoms with van der Waals surface area (Å²) in [5, 5.41) is 0. The van der Waals surface area contributed by atoms with Crippen LogP contribution in [0.4, 0.5) is 5.69 Å². The minimum atomic E-state index is -0.322. The zero-order valence-electron chi connectivity index (χ0n) is 16.1. The Bertz CT molecular complexity index is 827. The second kappa shape index (κ2) is 8.85. The van der Waals surface area contributed by atoms with Crippen molar-refractivity contribution in [2.75, 3.05) is 25.1 Å². The summed E-state index contributed by atoms with van der Waals surface area (Å²) in [6.07, 6.45) is 4.98. The van der Waals surface area contributed by atoms with Crippen molar-refractivity contribution in [3.05, 3.63) is 39.8 Å².